The Morgan fingerprint density at radius 1 is 1.06 bits per heavy atom. The lowest BCUT2D eigenvalue weighted by atomic mass is 9.89. The van der Waals surface area contributed by atoms with Gasteiger partial charge in [-0.1, -0.05) is 32.9 Å². The van der Waals surface area contributed by atoms with Crippen molar-refractivity contribution in [2.75, 3.05) is 20.8 Å². The Labute approximate surface area is 110 Å². The minimum absolute atomic E-state index is 0.0925. The second-order valence-corrected chi connectivity index (χ2v) is 5.58. The van der Waals surface area contributed by atoms with Gasteiger partial charge in [-0.3, -0.25) is 0 Å². The number of benzene rings is 1. The van der Waals surface area contributed by atoms with E-state index in [0.29, 0.717) is 6.61 Å². The summed E-state index contributed by atoms with van der Waals surface area (Å²) in [5.41, 5.74) is 0.227. The standard InChI is InChI=1S/C15H24O3/c1-15(2,3)10-12(16-4)11-18-14-9-7-6-8-13(14)17-5/h6-9,12H,10-11H2,1-5H3. The van der Waals surface area contributed by atoms with Gasteiger partial charge in [-0.25, -0.2) is 0 Å². The Hall–Kier alpha value is -1.22. The highest BCUT2D eigenvalue weighted by atomic mass is 16.5. The molecule has 0 spiro atoms. The van der Waals surface area contributed by atoms with E-state index in [4.69, 9.17) is 14.2 Å². The third-order valence-electron chi connectivity index (χ3n) is 2.67. The molecule has 0 N–H and O–H groups in total. The van der Waals surface area contributed by atoms with Crippen LogP contribution in [0.3, 0.4) is 0 Å². The van der Waals surface area contributed by atoms with Crippen LogP contribution in [0.1, 0.15) is 27.2 Å². The molecule has 0 radical (unpaired) electrons. The molecule has 1 rings (SSSR count). The highest BCUT2D eigenvalue weighted by Crippen LogP contribution is 2.27. The maximum Gasteiger partial charge on any atom is 0.161 e. The van der Waals surface area contributed by atoms with Gasteiger partial charge >= 0.3 is 0 Å². The van der Waals surface area contributed by atoms with Crippen molar-refractivity contribution in [3.05, 3.63) is 24.3 Å². The van der Waals surface area contributed by atoms with Gasteiger partial charge in [-0.2, -0.15) is 0 Å². The number of methoxy groups -OCH3 is 2. The van der Waals surface area contributed by atoms with Crippen LogP contribution in [-0.4, -0.2) is 26.9 Å². The summed E-state index contributed by atoms with van der Waals surface area (Å²) in [6.45, 7) is 7.13. The molecular formula is C15H24O3. The van der Waals surface area contributed by atoms with E-state index in [0.717, 1.165) is 17.9 Å². The van der Waals surface area contributed by atoms with E-state index in [1.54, 1.807) is 14.2 Å². The summed E-state index contributed by atoms with van der Waals surface area (Å²) in [5, 5.41) is 0. The summed E-state index contributed by atoms with van der Waals surface area (Å²) in [4.78, 5) is 0. The largest absolute Gasteiger partial charge is 0.493 e. The fraction of sp³-hybridized carbons (Fsp3) is 0.600. The van der Waals surface area contributed by atoms with Crippen LogP contribution in [0.15, 0.2) is 24.3 Å². The van der Waals surface area contributed by atoms with Gasteiger partial charge in [0.25, 0.3) is 0 Å². The van der Waals surface area contributed by atoms with Gasteiger partial charge < -0.3 is 14.2 Å². The van der Waals surface area contributed by atoms with Crippen LogP contribution in [0, 0.1) is 5.41 Å². The first-order valence-electron chi connectivity index (χ1n) is 6.25. The molecule has 1 aromatic rings. The zero-order valence-electron chi connectivity index (χ0n) is 12.0. The molecule has 1 atom stereocenters. The zero-order valence-corrected chi connectivity index (χ0v) is 12.0. The third-order valence-corrected chi connectivity index (χ3v) is 2.67. The number of hydrogen-bond acceptors (Lipinski definition) is 3. The van der Waals surface area contributed by atoms with Crippen molar-refractivity contribution >= 4 is 0 Å². The molecule has 0 aliphatic rings. The summed E-state index contributed by atoms with van der Waals surface area (Å²) in [5.74, 6) is 1.51. The normalized spacial score (nSPS) is 13.2. The topological polar surface area (TPSA) is 27.7 Å². The summed E-state index contributed by atoms with van der Waals surface area (Å²) in [7, 11) is 3.37. The Morgan fingerprint density at radius 2 is 1.67 bits per heavy atom. The molecule has 102 valence electrons. The Morgan fingerprint density at radius 3 is 2.17 bits per heavy atom. The lowest BCUT2D eigenvalue weighted by Gasteiger charge is -2.25. The first-order valence-corrected chi connectivity index (χ1v) is 6.25. The van der Waals surface area contributed by atoms with Gasteiger partial charge in [0.2, 0.25) is 0 Å². The molecule has 0 aliphatic carbocycles. The fourth-order valence-corrected chi connectivity index (χ4v) is 1.81. The van der Waals surface area contributed by atoms with Crippen molar-refractivity contribution in [1.82, 2.24) is 0 Å². The van der Waals surface area contributed by atoms with Crippen LogP contribution in [0.5, 0.6) is 11.5 Å². The number of rotatable bonds is 6. The molecule has 0 aliphatic heterocycles. The van der Waals surface area contributed by atoms with Crippen LogP contribution in [0.4, 0.5) is 0 Å². The Kier molecular flexibility index (Phi) is 5.48. The average Bonchev–Trinajstić information content (AvgIpc) is 2.33. The number of ether oxygens (including phenoxy) is 3. The van der Waals surface area contributed by atoms with Crippen molar-refractivity contribution in [3.63, 3.8) is 0 Å². The highest BCUT2D eigenvalue weighted by Gasteiger charge is 2.19. The molecule has 0 bridgehead atoms. The number of hydrogen-bond donors (Lipinski definition) is 0. The van der Waals surface area contributed by atoms with E-state index >= 15 is 0 Å². The van der Waals surface area contributed by atoms with E-state index in [2.05, 4.69) is 20.8 Å². The minimum atomic E-state index is 0.0925. The third kappa shape index (κ3) is 4.96. The predicted molar refractivity (Wildman–Crippen MR) is 73.4 cm³/mol. The van der Waals surface area contributed by atoms with Gasteiger partial charge in [0.1, 0.15) is 6.61 Å². The molecule has 1 unspecified atom stereocenters. The van der Waals surface area contributed by atoms with Crippen LogP contribution < -0.4 is 9.47 Å². The smallest absolute Gasteiger partial charge is 0.161 e. The molecule has 1 aromatic carbocycles. The molecule has 18 heavy (non-hydrogen) atoms. The van der Waals surface area contributed by atoms with Crippen LogP contribution in [-0.2, 0) is 4.74 Å². The predicted octanol–water partition coefficient (Wildman–Crippen LogP) is 3.53. The second-order valence-electron chi connectivity index (χ2n) is 5.58. The molecule has 3 nitrogen and oxygen atoms in total. The molecule has 0 amide bonds. The fourth-order valence-electron chi connectivity index (χ4n) is 1.81. The lowest BCUT2D eigenvalue weighted by molar-refractivity contribution is 0.0287. The summed E-state index contributed by atoms with van der Waals surface area (Å²) < 4.78 is 16.5. The SMILES string of the molecule is COc1ccccc1OCC(CC(C)(C)C)OC. The first kappa shape index (κ1) is 14.8. The van der Waals surface area contributed by atoms with Gasteiger partial charge in [-0.15, -0.1) is 0 Å². The van der Waals surface area contributed by atoms with E-state index in [-0.39, 0.29) is 11.5 Å². The molecular weight excluding hydrogens is 228 g/mol. The maximum absolute atomic E-state index is 5.78. The Bertz CT molecular complexity index is 355. The molecule has 3 heteroatoms. The lowest BCUT2D eigenvalue weighted by Crippen LogP contribution is -2.26. The van der Waals surface area contributed by atoms with Crippen LogP contribution in [0.25, 0.3) is 0 Å². The minimum Gasteiger partial charge on any atom is -0.493 e. The Balaban J connectivity index is 2.57. The zero-order chi connectivity index (χ0) is 13.6. The monoisotopic (exact) mass is 252 g/mol. The van der Waals surface area contributed by atoms with Crippen molar-refractivity contribution < 1.29 is 14.2 Å². The molecule has 0 aromatic heterocycles. The average molecular weight is 252 g/mol. The molecule has 0 heterocycles. The quantitative estimate of drug-likeness (QED) is 0.775. The highest BCUT2D eigenvalue weighted by molar-refractivity contribution is 5.39. The van der Waals surface area contributed by atoms with E-state index in [9.17, 15) is 0 Å². The first-order chi connectivity index (χ1) is 8.46. The van der Waals surface area contributed by atoms with Crippen molar-refractivity contribution in [2.45, 2.75) is 33.3 Å². The maximum atomic E-state index is 5.78. The van der Waals surface area contributed by atoms with Gasteiger partial charge in [0.15, 0.2) is 11.5 Å². The van der Waals surface area contributed by atoms with Crippen LogP contribution in [0.2, 0.25) is 0 Å². The molecule has 0 fully saturated rings. The second kappa shape index (κ2) is 6.64. The van der Waals surface area contributed by atoms with Crippen molar-refractivity contribution in [3.8, 4) is 11.5 Å². The summed E-state index contributed by atoms with van der Waals surface area (Å²) >= 11 is 0. The summed E-state index contributed by atoms with van der Waals surface area (Å²) in [6, 6.07) is 7.65. The van der Waals surface area contributed by atoms with Gasteiger partial charge in [0, 0.05) is 7.11 Å². The van der Waals surface area contributed by atoms with E-state index in [1.807, 2.05) is 24.3 Å². The van der Waals surface area contributed by atoms with Crippen LogP contribution >= 0.6 is 0 Å². The van der Waals surface area contributed by atoms with Gasteiger partial charge in [-0.05, 0) is 24.0 Å². The van der Waals surface area contributed by atoms with E-state index in [1.165, 1.54) is 0 Å². The summed E-state index contributed by atoms with van der Waals surface area (Å²) in [6.07, 6.45) is 1.05. The van der Waals surface area contributed by atoms with Gasteiger partial charge in [0.05, 0.1) is 13.2 Å². The molecule has 0 saturated carbocycles. The number of para-hydroxylation sites is 2. The van der Waals surface area contributed by atoms with Crippen molar-refractivity contribution in [1.29, 1.82) is 0 Å². The molecule has 0 saturated heterocycles. The van der Waals surface area contributed by atoms with Crippen molar-refractivity contribution in [2.24, 2.45) is 5.41 Å². The van der Waals surface area contributed by atoms with E-state index < -0.39 is 0 Å².